The van der Waals surface area contributed by atoms with Crippen molar-refractivity contribution in [1.82, 2.24) is 24.5 Å². The minimum Gasteiger partial charge on any atom is -0.493 e. The number of carbonyl (C=O) groups is 1. The Morgan fingerprint density at radius 3 is 2.49 bits per heavy atom. The minimum absolute atomic E-state index is 0.00341. The van der Waals surface area contributed by atoms with Gasteiger partial charge in [-0.05, 0) is 89.4 Å². The third-order valence-electron chi connectivity index (χ3n) is 8.48. The molecule has 39 heavy (non-hydrogen) atoms. The van der Waals surface area contributed by atoms with Crippen LogP contribution >= 0.6 is 0 Å². The summed E-state index contributed by atoms with van der Waals surface area (Å²) in [7, 11) is -3.17. The molecular weight excluding hydrogens is 514 g/mol. The average molecular weight is 556 g/mol. The van der Waals surface area contributed by atoms with E-state index in [1.54, 1.807) is 0 Å². The van der Waals surface area contributed by atoms with Crippen LogP contribution in [0.2, 0.25) is 0 Å². The van der Waals surface area contributed by atoms with Gasteiger partial charge in [-0.1, -0.05) is 18.2 Å². The molecule has 0 spiro atoms. The van der Waals surface area contributed by atoms with E-state index in [-0.39, 0.29) is 11.9 Å². The summed E-state index contributed by atoms with van der Waals surface area (Å²) in [6.45, 7) is 7.76. The molecule has 0 bridgehead atoms. The van der Waals surface area contributed by atoms with Gasteiger partial charge in [-0.15, -0.1) is 0 Å². The van der Waals surface area contributed by atoms with E-state index in [0.717, 1.165) is 75.0 Å². The molecule has 1 atom stereocenters. The van der Waals surface area contributed by atoms with Crippen LogP contribution in [0.5, 0.6) is 5.75 Å². The maximum atomic E-state index is 13.6. The monoisotopic (exact) mass is 555 g/mol. The molecule has 2 fully saturated rings. The minimum atomic E-state index is -3.17. The first-order chi connectivity index (χ1) is 18.7. The SMILES string of the molecule is Cc1nc(CCC2COc3ccccc3C2)c(C)c(C(=O)N2CCC(N3CCC(NS(C)(=O)=O)CC3)CC2)n1. The van der Waals surface area contributed by atoms with Crippen LogP contribution in [0.4, 0.5) is 0 Å². The van der Waals surface area contributed by atoms with E-state index >= 15 is 0 Å². The Kier molecular flexibility index (Phi) is 8.54. The van der Waals surface area contributed by atoms with Crippen LogP contribution in [0.15, 0.2) is 24.3 Å². The summed E-state index contributed by atoms with van der Waals surface area (Å²) in [5, 5.41) is 0. The highest BCUT2D eigenvalue weighted by atomic mass is 32.2. The molecule has 3 aliphatic rings. The smallest absolute Gasteiger partial charge is 0.272 e. The highest BCUT2D eigenvalue weighted by molar-refractivity contribution is 7.88. The van der Waals surface area contributed by atoms with Gasteiger partial charge in [0, 0.05) is 36.4 Å². The number of aromatic nitrogens is 2. The van der Waals surface area contributed by atoms with Crippen LogP contribution in [-0.2, 0) is 22.9 Å². The maximum absolute atomic E-state index is 13.6. The summed E-state index contributed by atoms with van der Waals surface area (Å²) in [6.07, 6.45) is 7.50. The molecule has 1 aromatic carbocycles. The number of ether oxygens (including phenoxy) is 1. The first-order valence-electron chi connectivity index (χ1n) is 14.2. The van der Waals surface area contributed by atoms with E-state index in [0.29, 0.717) is 43.2 Å². The molecule has 10 heteroatoms. The van der Waals surface area contributed by atoms with E-state index in [4.69, 9.17) is 9.72 Å². The van der Waals surface area contributed by atoms with Gasteiger partial charge in [0.1, 0.15) is 17.3 Å². The first kappa shape index (κ1) is 28.0. The zero-order chi connectivity index (χ0) is 27.6. The fourth-order valence-electron chi connectivity index (χ4n) is 6.32. The Morgan fingerprint density at radius 1 is 1.05 bits per heavy atom. The molecular formula is C29H41N5O4S. The molecule has 5 rings (SSSR count). The predicted octanol–water partition coefficient (Wildman–Crippen LogP) is 2.90. The van der Waals surface area contributed by atoms with Crippen molar-refractivity contribution >= 4 is 15.9 Å². The van der Waals surface area contributed by atoms with Crippen LogP contribution < -0.4 is 9.46 Å². The molecule has 1 unspecified atom stereocenters. The summed E-state index contributed by atoms with van der Waals surface area (Å²) in [4.78, 5) is 27.3. The van der Waals surface area contributed by atoms with E-state index in [1.165, 1.54) is 11.8 Å². The molecule has 0 aliphatic carbocycles. The number of nitrogens with zero attached hydrogens (tertiary/aromatic N) is 4. The molecule has 4 heterocycles. The number of hydrogen-bond donors (Lipinski definition) is 1. The van der Waals surface area contributed by atoms with Crippen molar-refractivity contribution in [3.63, 3.8) is 0 Å². The van der Waals surface area contributed by atoms with Crippen molar-refractivity contribution in [2.45, 2.75) is 70.9 Å². The second-order valence-corrected chi connectivity index (χ2v) is 13.2. The average Bonchev–Trinajstić information content (AvgIpc) is 2.92. The predicted molar refractivity (Wildman–Crippen MR) is 150 cm³/mol. The third-order valence-corrected chi connectivity index (χ3v) is 9.25. The summed E-state index contributed by atoms with van der Waals surface area (Å²) in [6, 6.07) is 8.70. The largest absolute Gasteiger partial charge is 0.493 e. The Hall–Kier alpha value is -2.56. The van der Waals surface area contributed by atoms with Gasteiger partial charge in [-0.3, -0.25) is 4.79 Å². The number of amides is 1. The van der Waals surface area contributed by atoms with Crippen molar-refractivity contribution in [1.29, 1.82) is 0 Å². The number of rotatable bonds is 7. The molecule has 1 amide bonds. The number of aryl methyl sites for hydroxylation is 2. The van der Waals surface area contributed by atoms with Crippen molar-refractivity contribution < 1.29 is 17.9 Å². The zero-order valence-electron chi connectivity index (χ0n) is 23.4. The number of benzene rings is 1. The zero-order valence-corrected chi connectivity index (χ0v) is 24.2. The fraction of sp³-hybridized carbons (Fsp3) is 0.621. The standard InChI is InChI=1S/C29H41N5O4S/c1-20-26(9-8-22-18-23-6-4-5-7-27(23)38-19-22)30-21(2)31-28(20)29(35)34-16-12-25(13-17-34)33-14-10-24(11-15-33)32-39(3,36)37/h4-7,22,24-25,32H,8-19H2,1-3H3. The lowest BCUT2D eigenvalue weighted by molar-refractivity contribution is 0.0570. The number of carbonyl (C=O) groups excluding carboxylic acids is 1. The molecule has 2 aromatic rings. The molecule has 1 N–H and O–H groups in total. The van der Waals surface area contributed by atoms with E-state index < -0.39 is 10.0 Å². The highest BCUT2D eigenvalue weighted by Crippen LogP contribution is 2.29. The molecule has 3 aliphatic heterocycles. The summed E-state index contributed by atoms with van der Waals surface area (Å²) in [5.74, 6) is 2.07. The van der Waals surface area contributed by atoms with Crippen LogP contribution in [0.3, 0.4) is 0 Å². The second kappa shape index (κ2) is 11.9. The van der Waals surface area contributed by atoms with Crippen molar-refractivity contribution in [2.75, 3.05) is 39.0 Å². The van der Waals surface area contributed by atoms with E-state index in [9.17, 15) is 13.2 Å². The number of sulfonamides is 1. The van der Waals surface area contributed by atoms with Crippen molar-refractivity contribution in [3.05, 3.63) is 52.6 Å². The van der Waals surface area contributed by atoms with Gasteiger partial charge in [-0.25, -0.2) is 23.1 Å². The Labute approximate surface area is 232 Å². The molecule has 2 saturated heterocycles. The van der Waals surface area contributed by atoms with Crippen molar-refractivity contribution in [3.8, 4) is 5.75 Å². The number of fused-ring (bicyclic) bond motifs is 1. The molecule has 212 valence electrons. The van der Waals surface area contributed by atoms with Gasteiger partial charge < -0.3 is 14.5 Å². The fourth-order valence-corrected chi connectivity index (χ4v) is 7.17. The first-order valence-corrected chi connectivity index (χ1v) is 16.1. The normalized spacial score (nSPS) is 21.4. The van der Waals surface area contributed by atoms with E-state index in [1.807, 2.05) is 30.9 Å². The summed E-state index contributed by atoms with van der Waals surface area (Å²) < 4.78 is 31.8. The van der Waals surface area contributed by atoms with E-state index in [2.05, 4.69) is 26.7 Å². The lowest BCUT2D eigenvalue weighted by atomic mass is 9.91. The van der Waals surface area contributed by atoms with Crippen LogP contribution in [-0.4, -0.2) is 85.2 Å². The number of likely N-dealkylation sites (tertiary alicyclic amines) is 2. The van der Waals surface area contributed by atoms with Crippen LogP contribution in [0.1, 0.15) is 65.2 Å². The Morgan fingerprint density at radius 2 is 1.77 bits per heavy atom. The topological polar surface area (TPSA) is 105 Å². The second-order valence-electron chi connectivity index (χ2n) is 11.4. The molecule has 9 nitrogen and oxygen atoms in total. The lowest BCUT2D eigenvalue weighted by Crippen LogP contribution is -2.51. The highest BCUT2D eigenvalue weighted by Gasteiger charge is 2.32. The van der Waals surface area contributed by atoms with Gasteiger partial charge in [0.2, 0.25) is 10.0 Å². The van der Waals surface area contributed by atoms with Gasteiger partial charge in [-0.2, -0.15) is 0 Å². The number of nitrogens with one attached hydrogen (secondary N) is 1. The quantitative estimate of drug-likeness (QED) is 0.560. The maximum Gasteiger partial charge on any atom is 0.272 e. The molecule has 1 aromatic heterocycles. The van der Waals surface area contributed by atoms with Gasteiger partial charge in [0.15, 0.2) is 0 Å². The summed E-state index contributed by atoms with van der Waals surface area (Å²) in [5.41, 5.74) is 3.66. The summed E-state index contributed by atoms with van der Waals surface area (Å²) >= 11 is 0. The molecule has 0 radical (unpaired) electrons. The van der Waals surface area contributed by atoms with Gasteiger partial charge >= 0.3 is 0 Å². The van der Waals surface area contributed by atoms with Crippen LogP contribution in [0.25, 0.3) is 0 Å². The van der Waals surface area contributed by atoms with Gasteiger partial charge in [0.05, 0.1) is 12.9 Å². The van der Waals surface area contributed by atoms with Crippen molar-refractivity contribution in [2.24, 2.45) is 5.92 Å². The Balaban J connectivity index is 1.15. The third kappa shape index (κ3) is 6.96. The number of para-hydroxylation sites is 1. The lowest BCUT2D eigenvalue weighted by Gasteiger charge is -2.41. The Bertz CT molecular complexity index is 1280. The number of hydrogen-bond acceptors (Lipinski definition) is 7. The van der Waals surface area contributed by atoms with Crippen LogP contribution in [0, 0.1) is 19.8 Å². The van der Waals surface area contributed by atoms with Gasteiger partial charge in [0.25, 0.3) is 5.91 Å². The molecule has 0 saturated carbocycles. The number of piperidine rings is 2.